The van der Waals surface area contributed by atoms with Crippen LogP contribution in [0.5, 0.6) is 0 Å². The minimum Gasteiger partial charge on any atom is -0.340 e. The molecule has 1 N–H and O–H groups in total. The Morgan fingerprint density at radius 2 is 2.13 bits per heavy atom. The number of thiazole rings is 1. The van der Waals surface area contributed by atoms with Gasteiger partial charge in [0, 0.05) is 17.8 Å². The van der Waals surface area contributed by atoms with E-state index in [1.54, 1.807) is 34.6 Å². The molecule has 0 bridgehead atoms. The topological polar surface area (TPSA) is 59.8 Å². The fourth-order valence-electron chi connectivity index (χ4n) is 2.27. The molecule has 0 aliphatic heterocycles. The van der Waals surface area contributed by atoms with Gasteiger partial charge in [-0.25, -0.2) is 9.67 Å². The second-order valence-electron chi connectivity index (χ2n) is 5.49. The number of nitrogens with zero attached hydrogens (tertiary/aromatic N) is 3. The molecule has 1 amide bonds. The Morgan fingerprint density at radius 3 is 2.78 bits per heavy atom. The van der Waals surface area contributed by atoms with Gasteiger partial charge < -0.3 is 5.32 Å². The van der Waals surface area contributed by atoms with Crippen molar-refractivity contribution in [1.82, 2.24) is 20.1 Å². The second kappa shape index (κ2) is 6.34. The van der Waals surface area contributed by atoms with Crippen LogP contribution in [0.1, 0.15) is 35.6 Å². The zero-order chi connectivity index (χ0) is 16.3. The number of rotatable bonds is 5. The van der Waals surface area contributed by atoms with Gasteiger partial charge in [-0.05, 0) is 25.5 Å². The lowest BCUT2D eigenvalue weighted by molar-refractivity contribution is 0.0902. The van der Waals surface area contributed by atoms with E-state index in [4.69, 9.17) is 0 Å². The van der Waals surface area contributed by atoms with Crippen LogP contribution in [0.25, 0.3) is 5.69 Å². The Kier molecular flexibility index (Phi) is 4.25. The third-order valence-corrected chi connectivity index (χ3v) is 4.90. The highest BCUT2D eigenvalue weighted by atomic mass is 32.1. The first kappa shape index (κ1) is 15.4. The van der Waals surface area contributed by atoms with Crippen LogP contribution in [0.4, 0.5) is 0 Å². The first-order chi connectivity index (χ1) is 11.1. The third-order valence-electron chi connectivity index (χ3n) is 3.87. The molecule has 0 radical (unpaired) electrons. The molecule has 0 saturated carbocycles. The summed E-state index contributed by atoms with van der Waals surface area (Å²) in [5, 5.41) is 10.2. The Balaban J connectivity index is 1.80. The van der Waals surface area contributed by atoms with Gasteiger partial charge in [-0.1, -0.05) is 25.1 Å². The molecular formula is C17H18N4OS. The minimum absolute atomic E-state index is 0.147. The number of amides is 1. The van der Waals surface area contributed by atoms with Crippen LogP contribution in [0.2, 0.25) is 0 Å². The van der Waals surface area contributed by atoms with E-state index in [9.17, 15) is 4.79 Å². The van der Waals surface area contributed by atoms with Gasteiger partial charge in [-0.3, -0.25) is 4.79 Å². The van der Waals surface area contributed by atoms with Gasteiger partial charge in [-0.15, -0.1) is 11.3 Å². The van der Waals surface area contributed by atoms with Gasteiger partial charge in [0.2, 0.25) is 0 Å². The summed E-state index contributed by atoms with van der Waals surface area (Å²) in [6, 6.07) is 9.71. The number of aromatic nitrogens is 3. The van der Waals surface area contributed by atoms with Crippen molar-refractivity contribution in [2.75, 3.05) is 0 Å². The maximum Gasteiger partial charge on any atom is 0.255 e. The van der Waals surface area contributed by atoms with Crippen LogP contribution in [-0.4, -0.2) is 20.7 Å². The van der Waals surface area contributed by atoms with Crippen molar-refractivity contribution in [3.8, 4) is 5.69 Å². The van der Waals surface area contributed by atoms with Gasteiger partial charge in [0.1, 0.15) is 5.01 Å². The zero-order valence-corrected chi connectivity index (χ0v) is 13.9. The molecule has 23 heavy (non-hydrogen) atoms. The predicted molar refractivity (Wildman–Crippen MR) is 90.8 cm³/mol. The maximum absolute atomic E-state index is 12.6. The van der Waals surface area contributed by atoms with E-state index in [0.29, 0.717) is 5.56 Å². The number of hydrogen-bond donors (Lipinski definition) is 1. The molecule has 0 aliphatic rings. The van der Waals surface area contributed by atoms with Crippen LogP contribution < -0.4 is 5.32 Å². The highest BCUT2D eigenvalue weighted by Crippen LogP contribution is 2.26. The highest BCUT2D eigenvalue weighted by molar-refractivity contribution is 7.09. The number of carbonyl (C=O) groups is 1. The summed E-state index contributed by atoms with van der Waals surface area (Å²) >= 11 is 1.55. The standard InChI is InChI=1S/C17H18N4OS/c1-3-17(2,16-18-9-10-23-16)20-15(22)13-11-19-21(12-13)14-7-5-4-6-8-14/h4-12H,3H2,1-2H3,(H,20,22). The largest absolute Gasteiger partial charge is 0.340 e. The van der Waals surface area contributed by atoms with Crippen LogP contribution >= 0.6 is 11.3 Å². The summed E-state index contributed by atoms with van der Waals surface area (Å²) in [7, 11) is 0. The lowest BCUT2D eigenvalue weighted by Gasteiger charge is -2.27. The molecule has 1 atom stereocenters. The second-order valence-corrected chi connectivity index (χ2v) is 6.38. The Hall–Kier alpha value is -2.47. The lowest BCUT2D eigenvalue weighted by atomic mass is 9.99. The molecule has 2 heterocycles. The number of carbonyl (C=O) groups excluding carboxylic acids is 1. The summed E-state index contributed by atoms with van der Waals surface area (Å²) < 4.78 is 1.70. The van der Waals surface area contributed by atoms with E-state index in [1.807, 2.05) is 49.6 Å². The van der Waals surface area contributed by atoms with E-state index < -0.39 is 5.54 Å². The summed E-state index contributed by atoms with van der Waals surface area (Å²) in [4.78, 5) is 16.9. The van der Waals surface area contributed by atoms with Crippen molar-refractivity contribution in [3.63, 3.8) is 0 Å². The normalized spacial score (nSPS) is 13.5. The Labute approximate surface area is 139 Å². The lowest BCUT2D eigenvalue weighted by Crippen LogP contribution is -2.42. The van der Waals surface area contributed by atoms with Crippen molar-refractivity contribution in [2.45, 2.75) is 25.8 Å². The molecule has 0 saturated heterocycles. The SMILES string of the molecule is CCC(C)(NC(=O)c1cnn(-c2ccccc2)c1)c1nccs1. The number of benzene rings is 1. The number of hydrogen-bond acceptors (Lipinski definition) is 4. The highest BCUT2D eigenvalue weighted by Gasteiger charge is 2.30. The molecule has 1 aromatic carbocycles. The smallest absolute Gasteiger partial charge is 0.255 e. The number of nitrogens with one attached hydrogen (secondary N) is 1. The molecule has 118 valence electrons. The molecule has 0 fully saturated rings. The van der Waals surface area contributed by atoms with Gasteiger partial charge >= 0.3 is 0 Å². The quantitative estimate of drug-likeness (QED) is 0.782. The number of para-hydroxylation sites is 1. The van der Waals surface area contributed by atoms with E-state index in [2.05, 4.69) is 15.4 Å². The molecular weight excluding hydrogens is 308 g/mol. The Morgan fingerprint density at radius 1 is 1.35 bits per heavy atom. The fraction of sp³-hybridized carbons (Fsp3) is 0.235. The van der Waals surface area contributed by atoms with Crippen molar-refractivity contribution in [2.24, 2.45) is 0 Å². The van der Waals surface area contributed by atoms with Crippen molar-refractivity contribution >= 4 is 17.2 Å². The molecule has 6 heteroatoms. The van der Waals surface area contributed by atoms with Gasteiger partial charge in [-0.2, -0.15) is 5.10 Å². The van der Waals surface area contributed by atoms with Crippen molar-refractivity contribution < 1.29 is 4.79 Å². The summed E-state index contributed by atoms with van der Waals surface area (Å²) in [6.07, 6.45) is 5.84. The van der Waals surface area contributed by atoms with Crippen LogP contribution in [0.3, 0.4) is 0 Å². The van der Waals surface area contributed by atoms with E-state index in [-0.39, 0.29) is 5.91 Å². The van der Waals surface area contributed by atoms with Crippen molar-refractivity contribution in [1.29, 1.82) is 0 Å². The molecule has 3 aromatic rings. The van der Waals surface area contributed by atoms with E-state index in [0.717, 1.165) is 17.1 Å². The van der Waals surface area contributed by atoms with Crippen LogP contribution in [-0.2, 0) is 5.54 Å². The van der Waals surface area contributed by atoms with Crippen molar-refractivity contribution in [3.05, 3.63) is 64.9 Å². The monoisotopic (exact) mass is 326 g/mol. The molecule has 3 rings (SSSR count). The average molecular weight is 326 g/mol. The molecule has 0 spiro atoms. The molecule has 0 aliphatic carbocycles. The van der Waals surface area contributed by atoms with Gasteiger partial charge in [0.15, 0.2) is 0 Å². The van der Waals surface area contributed by atoms with E-state index in [1.165, 1.54) is 0 Å². The van der Waals surface area contributed by atoms with Crippen LogP contribution in [0, 0.1) is 0 Å². The third kappa shape index (κ3) is 3.17. The molecule has 5 nitrogen and oxygen atoms in total. The summed E-state index contributed by atoms with van der Waals surface area (Å²) in [6.45, 7) is 4.03. The Bertz CT molecular complexity index is 782. The first-order valence-electron chi connectivity index (χ1n) is 7.45. The minimum atomic E-state index is -0.472. The summed E-state index contributed by atoms with van der Waals surface area (Å²) in [5.74, 6) is -0.147. The van der Waals surface area contributed by atoms with Gasteiger partial charge in [0.25, 0.3) is 5.91 Å². The molecule has 1 unspecified atom stereocenters. The first-order valence-corrected chi connectivity index (χ1v) is 8.33. The van der Waals surface area contributed by atoms with Gasteiger partial charge in [0.05, 0.1) is 23.0 Å². The molecule has 2 aromatic heterocycles. The average Bonchev–Trinajstić information content (AvgIpc) is 3.27. The summed E-state index contributed by atoms with van der Waals surface area (Å²) in [5.41, 5.74) is 0.981. The van der Waals surface area contributed by atoms with E-state index >= 15 is 0 Å². The zero-order valence-electron chi connectivity index (χ0n) is 13.1. The van der Waals surface area contributed by atoms with Crippen LogP contribution in [0.15, 0.2) is 54.3 Å². The predicted octanol–water partition coefficient (Wildman–Crippen LogP) is 3.38. The maximum atomic E-state index is 12.6. The fourth-order valence-corrected chi connectivity index (χ4v) is 3.10.